The van der Waals surface area contributed by atoms with E-state index in [1.165, 1.54) is 0 Å². The predicted molar refractivity (Wildman–Crippen MR) is 80.7 cm³/mol. The summed E-state index contributed by atoms with van der Waals surface area (Å²) in [6.45, 7) is 7.47. The minimum absolute atomic E-state index is 0.280. The Morgan fingerprint density at radius 3 is 2.74 bits per heavy atom. The fourth-order valence-corrected chi connectivity index (χ4v) is 2.54. The first kappa shape index (κ1) is 17.2. The van der Waals surface area contributed by atoms with Crippen molar-refractivity contribution < 1.29 is 18.8 Å². The highest BCUT2D eigenvalue weighted by atomic mass is 16.7. The van der Waals surface area contributed by atoms with E-state index in [2.05, 4.69) is 10.3 Å². The summed E-state index contributed by atoms with van der Waals surface area (Å²) in [6, 6.07) is 0. The van der Waals surface area contributed by atoms with Crippen molar-refractivity contribution in [1.29, 1.82) is 0 Å². The number of aromatic nitrogens is 1. The number of nitrogens with one attached hydrogen (secondary N) is 1. The Kier molecular flexibility index (Phi) is 5.56. The van der Waals surface area contributed by atoms with Gasteiger partial charge in [0.2, 0.25) is 11.7 Å². The van der Waals surface area contributed by atoms with Gasteiger partial charge in [0.25, 0.3) is 6.20 Å². The fraction of sp³-hybridized carbons (Fsp3) is 0.643. The van der Waals surface area contributed by atoms with E-state index in [0.717, 1.165) is 11.9 Å². The van der Waals surface area contributed by atoms with E-state index in [1.807, 2.05) is 20.8 Å². The molecule has 0 saturated carbocycles. The van der Waals surface area contributed by atoms with E-state index in [1.54, 1.807) is 11.2 Å². The van der Waals surface area contributed by atoms with Crippen molar-refractivity contribution in [2.75, 3.05) is 26.3 Å². The van der Waals surface area contributed by atoms with Crippen LogP contribution in [-0.2, 0) is 16.0 Å². The molecule has 1 aromatic rings. The van der Waals surface area contributed by atoms with Crippen LogP contribution in [0.2, 0.25) is 0 Å². The number of aryl methyl sites for hydroxylation is 1. The molecule has 1 aliphatic heterocycles. The van der Waals surface area contributed by atoms with E-state index in [0.29, 0.717) is 38.0 Å². The molecular formula is C14H22N4O5. The van der Waals surface area contributed by atoms with Crippen LogP contribution in [0.5, 0.6) is 0 Å². The minimum Gasteiger partial charge on any atom is -0.447 e. The summed E-state index contributed by atoms with van der Waals surface area (Å²) in [5, 5.41) is 13.9. The molecule has 128 valence electrons. The molecule has 9 heteroatoms. The van der Waals surface area contributed by atoms with Crippen molar-refractivity contribution in [3.8, 4) is 0 Å². The lowest BCUT2D eigenvalue weighted by Crippen LogP contribution is -2.59. The highest BCUT2D eigenvalue weighted by Gasteiger charge is 2.40. The summed E-state index contributed by atoms with van der Waals surface area (Å²) in [4.78, 5) is 16.3. The molecule has 0 atom stereocenters. The van der Waals surface area contributed by atoms with Crippen LogP contribution in [0.15, 0.2) is 22.7 Å². The van der Waals surface area contributed by atoms with Gasteiger partial charge in [0.15, 0.2) is 5.82 Å². The van der Waals surface area contributed by atoms with Gasteiger partial charge in [0.1, 0.15) is 6.26 Å². The van der Waals surface area contributed by atoms with E-state index in [9.17, 15) is 10.1 Å². The molecule has 0 amide bonds. The number of ether oxygens (including phenoxy) is 2. The average Bonchev–Trinajstić information content (AvgIpc) is 2.87. The Bertz CT molecular complexity index is 565. The van der Waals surface area contributed by atoms with Crippen molar-refractivity contribution in [1.82, 2.24) is 15.2 Å². The predicted octanol–water partition coefficient (Wildman–Crippen LogP) is 1.23. The van der Waals surface area contributed by atoms with Crippen molar-refractivity contribution in [3.63, 3.8) is 0 Å². The molecule has 23 heavy (non-hydrogen) atoms. The second-order valence-corrected chi connectivity index (χ2v) is 5.17. The van der Waals surface area contributed by atoms with Crippen LogP contribution in [0.25, 0.3) is 0 Å². The molecule has 1 aromatic heterocycles. The number of rotatable bonds is 7. The molecule has 1 aliphatic rings. The van der Waals surface area contributed by atoms with Crippen LogP contribution in [0, 0.1) is 17.0 Å². The summed E-state index contributed by atoms with van der Waals surface area (Å²) in [5.74, 6) is -0.0118. The topological polar surface area (TPSA) is 103 Å². The largest absolute Gasteiger partial charge is 0.447 e. The smallest absolute Gasteiger partial charge is 0.274 e. The number of nitro groups is 1. The van der Waals surface area contributed by atoms with Crippen LogP contribution >= 0.6 is 0 Å². The number of hydrogen-bond donors (Lipinski definition) is 1. The van der Waals surface area contributed by atoms with Crippen LogP contribution in [0.4, 0.5) is 0 Å². The summed E-state index contributed by atoms with van der Waals surface area (Å²) in [5.41, 5.74) is 0.755. The van der Waals surface area contributed by atoms with E-state index < -0.39 is 10.7 Å². The Morgan fingerprint density at radius 2 is 2.22 bits per heavy atom. The van der Waals surface area contributed by atoms with E-state index >= 15 is 0 Å². The van der Waals surface area contributed by atoms with Crippen molar-refractivity contribution in [2.45, 2.75) is 33.1 Å². The van der Waals surface area contributed by atoms with Gasteiger partial charge < -0.3 is 24.1 Å². The van der Waals surface area contributed by atoms with Gasteiger partial charge in [-0.2, -0.15) is 0 Å². The monoisotopic (exact) mass is 326 g/mol. The van der Waals surface area contributed by atoms with Gasteiger partial charge in [-0.15, -0.1) is 0 Å². The van der Waals surface area contributed by atoms with Gasteiger partial charge in [-0.25, -0.2) is 4.98 Å². The zero-order valence-electron chi connectivity index (χ0n) is 13.6. The molecule has 2 heterocycles. The Labute approximate surface area is 134 Å². The third-order valence-electron chi connectivity index (χ3n) is 3.35. The minimum atomic E-state index is -0.862. The second-order valence-electron chi connectivity index (χ2n) is 5.17. The van der Waals surface area contributed by atoms with Crippen LogP contribution in [-0.4, -0.2) is 46.9 Å². The van der Waals surface area contributed by atoms with Gasteiger partial charge in [-0.1, -0.05) is 0 Å². The summed E-state index contributed by atoms with van der Waals surface area (Å²) >= 11 is 0. The molecule has 0 unspecified atom stereocenters. The third kappa shape index (κ3) is 4.42. The van der Waals surface area contributed by atoms with Gasteiger partial charge in [-0.3, -0.25) is 10.1 Å². The molecule has 0 aliphatic carbocycles. The maximum atomic E-state index is 10.8. The Hall–Kier alpha value is -2.13. The summed E-state index contributed by atoms with van der Waals surface area (Å²) in [6.07, 6.45) is 2.47. The SMILES string of the molecule is CCOC1(OCC)CN/C(=C\[N+](=O)[O-])N(Cc2nc(C)co2)C1. The molecule has 0 bridgehead atoms. The van der Waals surface area contributed by atoms with Gasteiger partial charge in [-0.05, 0) is 20.8 Å². The Balaban J connectivity index is 2.23. The normalized spacial score (nSPS) is 18.9. The lowest BCUT2D eigenvalue weighted by Gasteiger charge is -2.43. The highest BCUT2D eigenvalue weighted by molar-refractivity contribution is 5.05. The zero-order valence-corrected chi connectivity index (χ0v) is 13.6. The van der Waals surface area contributed by atoms with Gasteiger partial charge >= 0.3 is 0 Å². The zero-order chi connectivity index (χ0) is 16.9. The maximum absolute atomic E-state index is 10.8. The van der Waals surface area contributed by atoms with Gasteiger partial charge in [0, 0.05) is 13.2 Å². The van der Waals surface area contributed by atoms with Crippen LogP contribution in [0.1, 0.15) is 25.4 Å². The quantitative estimate of drug-likeness (QED) is 0.453. The number of oxazole rings is 1. The molecule has 0 radical (unpaired) electrons. The van der Waals surface area contributed by atoms with E-state index in [-0.39, 0.29) is 6.54 Å². The van der Waals surface area contributed by atoms with E-state index in [4.69, 9.17) is 13.9 Å². The Morgan fingerprint density at radius 1 is 1.52 bits per heavy atom. The lowest BCUT2D eigenvalue weighted by molar-refractivity contribution is -0.405. The molecule has 0 spiro atoms. The third-order valence-corrected chi connectivity index (χ3v) is 3.35. The second kappa shape index (κ2) is 7.42. The molecule has 1 N–H and O–H groups in total. The van der Waals surface area contributed by atoms with Crippen LogP contribution < -0.4 is 5.32 Å². The maximum Gasteiger partial charge on any atom is 0.274 e. The molecular weight excluding hydrogens is 304 g/mol. The summed E-state index contributed by atoms with van der Waals surface area (Å²) < 4.78 is 16.9. The molecule has 0 aromatic carbocycles. The molecule has 9 nitrogen and oxygen atoms in total. The fourth-order valence-electron chi connectivity index (χ4n) is 2.54. The molecule has 1 saturated heterocycles. The first-order valence-corrected chi connectivity index (χ1v) is 7.51. The van der Waals surface area contributed by atoms with Crippen molar-refractivity contribution in [3.05, 3.63) is 40.0 Å². The van der Waals surface area contributed by atoms with Gasteiger partial charge in [0.05, 0.1) is 30.3 Å². The first-order chi connectivity index (χ1) is 11.0. The highest BCUT2D eigenvalue weighted by Crippen LogP contribution is 2.24. The number of nitrogens with zero attached hydrogens (tertiary/aromatic N) is 3. The summed E-state index contributed by atoms with van der Waals surface area (Å²) in [7, 11) is 0. The average molecular weight is 326 g/mol. The standard InChI is InChI=1S/C14H22N4O5/c1-4-22-14(23-5-2)9-15-12(6-18(19)20)17(10-14)7-13-16-11(3)8-21-13/h6,8,15H,4-5,7,9-10H2,1-3H3/b12-6+. The first-order valence-electron chi connectivity index (χ1n) is 7.51. The lowest BCUT2D eigenvalue weighted by atomic mass is 10.2. The number of hydrogen-bond acceptors (Lipinski definition) is 8. The van der Waals surface area contributed by atoms with Crippen LogP contribution in [0.3, 0.4) is 0 Å². The van der Waals surface area contributed by atoms with Crippen molar-refractivity contribution in [2.24, 2.45) is 0 Å². The molecule has 2 rings (SSSR count). The molecule has 1 fully saturated rings. The van der Waals surface area contributed by atoms with Crippen molar-refractivity contribution >= 4 is 0 Å².